The number of sulfonamides is 1. The summed E-state index contributed by atoms with van der Waals surface area (Å²) in [5, 5.41) is 0. The van der Waals surface area contributed by atoms with E-state index in [-0.39, 0.29) is 16.5 Å². The largest absolute Gasteiger partial charge is 0.342 e. The van der Waals surface area contributed by atoms with Crippen LogP contribution in [0.2, 0.25) is 0 Å². The van der Waals surface area contributed by atoms with Gasteiger partial charge in [-0.15, -0.1) is 0 Å². The fourth-order valence-electron chi connectivity index (χ4n) is 2.74. The van der Waals surface area contributed by atoms with Crippen LogP contribution in [-0.4, -0.2) is 56.7 Å². The summed E-state index contributed by atoms with van der Waals surface area (Å²) in [6, 6.07) is 10.9. The van der Waals surface area contributed by atoms with Gasteiger partial charge in [0.15, 0.2) is 0 Å². The number of benzene rings is 2. The van der Waals surface area contributed by atoms with Crippen molar-refractivity contribution in [3.63, 3.8) is 0 Å². The first-order valence-corrected chi connectivity index (χ1v) is 9.75. The van der Waals surface area contributed by atoms with Crippen LogP contribution in [0.1, 0.15) is 10.4 Å². The van der Waals surface area contributed by atoms with E-state index in [1.807, 2.05) is 0 Å². The molecule has 9 heteroatoms. The van der Waals surface area contributed by atoms with Crippen molar-refractivity contribution in [2.45, 2.75) is 4.90 Å². The minimum atomic E-state index is -3.97. The zero-order valence-corrected chi connectivity index (χ0v) is 15.2. The lowest BCUT2D eigenvalue weighted by Gasteiger charge is -2.32. The van der Waals surface area contributed by atoms with E-state index in [9.17, 15) is 22.4 Å². The quantitative estimate of drug-likeness (QED) is 0.784. The number of carbonyl (C=O) groups excluding carboxylic acids is 2. The maximum Gasteiger partial charge on any atom is 0.261 e. The van der Waals surface area contributed by atoms with Gasteiger partial charge in [-0.1, -0.05) is 12.1 Å². The number of nitrogens with zero attached hydrogens (tertiary/aromatic N) is 2. The topological polar surface area (TPSA) is 86.8 Å². The fraction of sp³-hybridized carbons (Fsp3) is 0.222. The Kier molecular flexibility index (Phi) is 5.41. The first kappa shape index (κ1) is 18.8. The number of hydrogen-bond acceptors (Lipinski definition) is 4. The molecule has 1 saturated heterocycles. The van der Waals surface area contributed by atoms with Gasteiger partial charge in [-0.25, -0.2) is 12.8 Å². The Balaban J connectivity index is 1.72. The van der Waals surface area contributed by atoms with Crippen LogP contribution in [0.5, 0.6) is 0 Å². The predicted octanol–water partition coefficient (Wildman–Crippen LogP) is 1.54. The van der Waals surface area contributed by atoms with Crippen LogP contribution in [0.25, 0.3) is 0 Å². The average molecular weight is 391 g/mol. The van der Waals surface area contributed by atoms with Crippen molar-refractivity contribution in [2.75, 3.05) is 30.9 Å². The van der Waals surface area contributed by atoms with E-state index in [2.05, 4.69) is 4.72 Å². The Labute approximate surface area is 156 Å². The molecule has 0 radical (unpaired) electrons. The molecular weight excluding hydrogens is 373 g/mol. The summed E-state index contributed by atoms with van der Waals surface area (Å²) in [4.78, 5) is 26.3. The molecule has 1 aliphatic rings. The Morgan fingerprint density at radius 3 is 2.22 bits per heavy atom. The van der Waals surface area contributed by atoms with E-state index < -0.39 is 15.8 Å². The van der Waals surface area contributed by atoms with Gasteiger partial charge in [-0.05, 0) is 36.4 Å². The predicted molar refractivity (Wildman–Crippen MR) is 97.2 cm³/mol. The number of para-hydroxylation sites is 1. The lowest BCUT2D eigenvalue weighted by atomic mass is 10.2. The molecule has 27 heavy (non-hydrogen) atoms. The maximum absolute atomic E-state index is 13.7. The van der Waals surface area contributed by atoms with Crippen LogP contribution in [0.3, 0.4) is 0 Å². The molecule has 142 valence electrons. The van der Waals surface area contributed by atoms with Crippen LogP contribution in [-0.2, 0) is 14.8 Å². The number of rotatable bonds is 5. The second-order valence-corrected chi connectivity index (χ2v) is 7.73. The molecule has 7 nitrogen and oxygen atoms in total. The molecule has 0 saturated carbocycles. The summed E-state index contributed by atoms with van der Waals surface area (Å²) in [6.07, 6.45) is 0.754. The van der Waals surface area contributed by atoms with Crippen molar-refractivity contribution in [1.82, 2.24) is 9.80 Å². The summed E-state index contributed by atoms with van der Waals surface area (Å²) in [7, 11) is -3.97. The number of piperazine rings is 1. The van der Waals surface area contributed by atoms with Gasteiger partial charge in [-0.2, -0.15) is 0 Å². The fourth-order valence-corrected chi connectivity index (χ4v) is 3.80. The molecule has 0 bridgehead atoms. The van der Waals surface area contributed by atoms with Crippen molar-refractivity contribution in [2.24, 2.45) is 0 Å². The summed E-state index contributed by atoms with van der Waals surface area (Å²) >= 11 is 0. The zero-order chi connectivity index (χ0) is 19.4. The number of halogens is 1. The standard InChI is InChI=1S/C18H18FN3O4S/c19-16-3-1-2-4-17(16)20-27(25,26)15-7-5-14(6-8-15)18(24)22-11-9-21(13-23)10-12-22/h1-8,13,20H,9-12H2. The van der Waals surface area contributed by atoms with Gasteiger partial charge in [0.1, 0.15) is 5.82 Å². The second kappa shape index (κ2) is 7.75. The van der Waals surface area contributed by atoms with Crippen LogP contribution in [0.4, 0.5) is 10.1 Å². The molecular formula is C18H18FN3O4S. The lowest BCUT2D eigenvalue weighted by molar-refractivity contribution is -0.119. The minimum Gasteiger partial charge on any atom is -0.342 e. The SMILES string of the molecule is O=CN1CCN(C(=O)c2ccc(S(=O)(=O)Nc3ccccc3F)cc2)CC1. The average Bonchev–Trinajstić information content (AvgIpc) is 2.69. The summed E-state index contributed by atoms with van der Waals surface area (Å²) in [5.41, 5.74) is 0.199. The third kappa shape index (κ3) is 4.25. The Hall–Kier alpha value is -2.94. The van der Waals surface area contributed by atoms with Gasteiger partial charge in [0.25, 0.3) is 15.9 Å². The third-order valence-electron chi connectivity index (χ3n) is 4.28. The normalized spacial score (nSPS) is 14.7. The van der Waals surface area contributed by atoms with Gasteiger partial charge in [-0.3, -0.25) is 14.3 Å². The molecule has 1 aliphatic heterocycles. The van der Waals surface area contributed by atoms with Gasteiger partial charge in [0.2, 0.25) is 6.41 Å². The summed E-state index contributed by atoms with van der Waals surface area (Å²) < 4.78 is 40.6. The van der Waals surface area contributed by atoms with Crippen LogP contribution >= 0.6 is 0 Å². The highest BCUT2D eigenvalue weighted by molar-refractivity contribution is 7.92. The van der Waals surface area contributed by atoms with Gasteiger partial charge in [0.05, 0.1) is 10.6 Å². The Morgan fingerprint density at radius 1 is 1.00 bits per heavy atom. The number of carbonyl (C=O) groups is 2. The molecule has 2 aromatic rings. The molecule has 2 amide bonds. The van der Waals surface area contributed by atoms with Crippen molar-refractivity contribution < 1.29 is 22.4 Å². The molecule has 1 N–H and O–H groups in total. The lowest BCUT2D eigenvalue weighted by Crippen LogP contribution is -2.48. The molecule has 3 rings (SSSR count). The van der Waals surface area contributed by atoms with E-state index in [1.165, 1.54) is 42.5 Å². The highest BCUT2D eigenvalue weighted by atomic mass is 32.2. The highest BCUT2D eigenvalue weighted by Gasteiger charge is 2.22. The minimum absolute atomic E-state index is 0.0759. The maximum atomic E-state index is 13.7. The number of hydrogen-bond donors (Lipinski definition) is 1. The van der Waals surface area contributed by atoms with E-state index in [0.29, 0.717) is 31.7 Å². The molecule has 0 atom stereocenters. The van der Waals surface area contributed by atoms with Gasteiger partial charge >= 0.3 is 0 Å². The van der Waals surface area contributed by atoms with Crippen molar-refractivity contribution in [1.29, 1.82) is 0 Å². The molecule has 2 aromatic carbocycles. The number of anilines is 1. The monoisotopic (exact) mass is 391 g/mol. The molecule has 1 fully saturated rings. The van der Waals surface area contributed by atoms with Crippen molar-refractivity contribution in [3.05, 3.63) is 59.9 Å². The van der Waals surface area contributed by atoms with Crippen LogP contribution in [0.15, 0.2) is 53.4 Å². The van der Waals surface area contributed by atoms with E-state index in [1.54, 1.807) is 9.80 Å². The van der Waals surface area contributed by atoms with Crippen LogP contribution < -0.4 is 4.72 Å². The molecule has 1 heterocycles. The van der Waals surface area contributed by atoms with Crippen molar-refractivity contribution in [3.8, 4) is 0 Å². The molecule has 0 spiro atoms. The highest BCUT2D eigenvalue weighted by Crippen LogP contribution is 2.19. The van der Waals surface area contributed by atoms with Gasteiger partial charge in [0, 0.05) is 31.7 Å². The second-order valence-electron chi connectivity index (χ2n) is 6.04. The summed E-state index contributed by atoms with van der Waals surface area (Å²) in [6.45, 7) is 1.78. The zero-order valence-electron chi connectivity index (χ0n) is 14.3. The third-order valence-corrected chi connectivity index (χ3v) is 5.66. The number of amides is 2. The van der Waals surface area contributed by atoms with E-state index in [0.717, 1.165) is 12.5 Å². The molecule has 0 aliphatic carbocycles. The van der Waals surface area contributed by atoms with Crippen LogP contribution in [0, 0.1) is 5.82 Å². The van der Waals surface area contributed by atoms with E-state index in [4.69, 9.17) is 0 Å². The Bertz CT molecular complexity index is 939. The first-order chi connectivity index (χ1) is 12.9. The van der Waals surface area contributed by atoms with Crippen molar-refractivity contribution >= 4 is 28.0 Å². The van der Waals surface area contributed by atoms with Gasteiger partial charge < -0.3 is 9.80 Å². The molecule has 0 aromatic heterocycles. The van der Waals surface area contributed by atoms with E-state index >= 15 is 0 Å². The summed E-state index contributed by atoms with van der Waals surface area (Å²) in [5.74, 6) is -0.908. The Morgan fingerprint density at radius 2 is 1.63 bits per heavy atom. The number of nitrogens with one attached hydrogen (secondary N) is 1. The first-order valence-electron chi connectivity index (χ1n) is 8.27. The smallest absolute Gasteiger partial charge is 0.261 e. The molecule has 0 unspecified atom stereocenters.